The van der Waals surface area contributed by atoms with Gasteiger partial charge in [-0.15, -0.1) is 11.3 Å². The van der Waals surface area contributed by atoms with Crippen LogP contribution in [0.5, 0.6) is 0 Å². The van der Waals surface area contributed by atoms with Gasteiger partial charge in [0.05, 0.1) is 20.8 Å². The van der Waals surface area contributed by atoms with Crippen LogP contribution in [0.15, 0.2) is 24.3 Å². The van der Waals surface area contributed by atoms with E-state index in [-0.39, 0.29) is 11.6 Å². The minimum atomic E-state index is -0.280. The Bertz CT molecular complexity index is 486. The highest BCUT2D eigenvalue weighted by atomic mass is 32.1. The average molecular weight is 264 g/mol. The van der Waals surface area contributed by atoms with Gasteiger partial charge in [0.15, 0.2) is 0 Å². The van der Waals surface area contributed by atoms with E-state index in [1.165, 1.54) is 4.70 Å². The van der Waals surface area contributed by atoms with E-state index in [9.17, 15) is 0 Å². The predicted octanol–water partition coefficient (Wildman–Crippen LogP) is 2.98. The van der Waals surface area contributed by atoms with E-state index in [1.54, 1.807) is 18.4 Å². The Morgan fingerprint density at radius 3 is 2.78 bits per heavy atom. The number of nitrogens with two attached hydrogens (primary N) is 1. The van der Waals surface area contributed by atoms with Crippen LogP contribution in [0.3, 0.4) is 0 Å². The molecule has 2 atom stereocenters. The molecule has 2 unspecified atom stereocenters. The third kappa shape index (κ3) is 2.55. The quantitative estimate of drug-likeness (QED) is 0.903. The van der Waals surface area contributed by atoms with Crippen molar-refractivity contribution in [3.05, 3.63) is 29.3 Å². The lowest BCUT2D eigenvalue weighted by Crippen LogP contribution is -2.48. The zero-order chi connectivity index (χ0) is 13.2. The lowest BCUT2D eigenvalue weighted by Gasteiger charge is -2.32. The summed E-state index contributed by atoms with van der Waals surface area (Å²) in [7, 11) is 1.72. The second-order valence-electron chi connectivity index (χ2n) is 4.76. The number of hydrogen-bond acceptors (Lipinski definition) is 4. The van der Waals surface area contributed by atoms with Crippen molar-refractivity contribution < 1.29 is 4.74 Å². The Labute approximate surface area is 112 Å². The third-order valence-electron chi connectivity index (χ3n) is 3.69. The molecule has 1 aromatic carbocycles. The topological polar surface area (TPSA) is 48.1 Å². The number of rotatable bonds is 5. The van der Waals surface area contributed by atoms with Crippen molar-refractivity contribution >= 4 is 21.6 Å². The van der Waals surface area contributed by atoms with Crippen molar-refractivity contribution in [3.8, 4) is 0 Å². The monoisotopic (exact) mass is 264 g/mol. The Morgan fingerprint density at radius 1 is 1.44 bits per heavy atom. The largest absolute Gasteiger partial charge is 0.377 e. The highest BCUT2D eigenvalue weighted by molar-refractivity contribution is 7.18. The molecule has 1 heterocycles. The highest BCUT2D eigenvalue weighted by Crippen LogP contribution is 2.26. The van der Waals surface area contributed by atoms with E-state index in [4.69, 9.17) is 10.5 Å². The van der Waals surface area contributed by atoms with Crippen LogP contribution in [-0.2, 0) is 11.2 Å². The summed E-state index contributed by atoms with van der Waals surface area (Å²) in [6.45, 7) is 4.16. The van der Waals surface area contributed by atoms with Crippen LogP contribution in [0.25, 0.3) is 10.2 Å². The van der Waals surface area contributed by atoms with Gasteiger partial charge in [0.1, 0.15) is 0 Å². The smallest absolute Gasteiger partial charge is 0.0955 e. The summed E-state index contributed by atoms with van der Waals surface area (Å²) in [5.74, 6) is 0. The molecule has 18 heavy (non-hydrogen) atoms. The Balaban J connectivity index is 2.18. The molecule has 0 aliphatic carbocycles. The van der Waals surface area contributed by atoms with Gasteiger partial charge in [-0.25, -0.2) is 4.98 Å². The van der Waals surface area contributed by atoms with Gasteiger partial charge in [-0.3, -0.25) is 0 Å². The molecule has 0 saturated carbocycles. The standard InChI is InChI=1S/C14H20N2OS/c1-4-14(2,17-3)12(15)9-13-16-10-7-5-6-8-11(10)18-13/h5-8,12H,4,9,15H2,1-3H3. The first-order chi connectivity index (χ1) is 8.59. The summed E-state index contributed by atoms with van der Waals surface area (Å²) in [6.07, 6.45) is 1.66. The number of methoxy groups -OCH3 is 1. The van der Waals surface area contributed by atoms with Crippen molar-refractivity contribution in [2.75, 3.05) is 7.11 Å². The van der Waals surface area contributed by atoms with Crippen molar-refractivity contribution in [1.29, 1.82) is 0 Å². The maximum absolute atomic E-state index is 6.27. The number of nitrogens with zero attached hydrogens (tertiary/aromatic N) is 1. The predicted molar refractivity (Wildman–Crippen MR) is 77.0 cm³/mol. The Kier molecular flexibility index (Phi) is 4.00. The molecule has 2 aromatic rings. The van der Waals surface area contributed by atoms with Gasteiger partial charge < -0.3 is 10.5 Å². The molecule has 0 fully saturated rings. The SMILES string of the molecule is CCC(C)(OC)C(N)Cc1nc2ccccc2s1. The van der Waals surface area contributed by atoms with Crippen LogP contribution in [0.1, 0.15) is 25.3 Å². The van der Waals surface area contributed by atoms with Gasteiger partial charge in [-0.2, -0.15) is 0 Å². The number of benzene rings is 1. The van der Waals surface area contributed by atoms with E-state index in [2.05, 4.69) is 24.9 Å². The summed E-state index contributed by atoms with van der Waals surface area (Å²) >= 11 is 1.72. The van der Waals surface area contributed by atoms with Crippen molar-refractivity contribution in [3.63, 3.8) is 0 Å². The first-order valence-corrected chi connectivity index (χ1v) is 7.06. The van der Waals surface area contributed by atoms with E-state index >= 15 is 0 Å². The number of ether oxygens (including phenoxy) is 1. The lowest BCUT2D eigenvalue weighted by molar-refractivity contribution is -0.0184. The highest BCUT2D eigenvalue weighted by Gasteiger charge is 2.30. The third-order valence-corrected chi connectivity index (χ3v) is 4.74. The first-order valence-electron chi connectivity index (χ1n) is 6.24. The second-order valence-corrected chi connectivity index (χ2v) is 5.87. The molecule has 3 nitrogen and oxygen atoms in total. The number of hydrogen-bond donors (Lipinski definition) is 1. The van der Waals surface area contributed by atoms with Crippen molar-refractivity contribution in [1.82, 2.24) is 4.98 Å². The number of para-hydroxylation sites is 1. The van der Waals surface area contributed by atoms with Crippen LogP contribution in [0, 0.1) is 0 Å². The maximum Gasteiger partial charge on any atom is 0.0955 e. The molecule has 0 aliphatic rings. The molecule has 0 spiro atoms. The van der Waals surface area contributed by atoms with Gasteiger partial charge in [-0.05, 0) is 25.5 Å². The normalized spacial score (nSPS) is 16.7. The molecule has 0 bridgehead atoms. The summed E-state index contributed by atoms with van der Waals surface area (Å²) in [5, 5.41) is 1.08. The zero-order valence-electron chi connectivity index (χ0n) is 11.1. The fraction of sp³-hybridized carbons (Fsp3) is 0.500. The molecular weight excluding hydrogens is 244 g/mol. The molecule has 0 saturated heterocycles. The average Bonchev–Trinajstić information content (AvgIpc) is 2.79. The minimum absolute atomic E-state index is 0.0342. The molecule has 0 aliphatic heterocycles. The second kappa shape index (κ2) is 5.34. The van der Waals surface area contributed by atoms with Crippen LogP contribution in [0.4, 0.5) is 0 Å². The Hall–Kier alpha value is -0.970. The van der Waals surface area contributed by atoms with E-state index in [0.29, 0.717) is 0 Å². The summed E-state index contributed by atoms with van der Waals surface area (Å²) < 4.78 is 6.76. The summed E-state index contributed by atoms with van der Waals surface area (Å²) in [6, 6.07) is 8.15. The summed E-state index contributed by atoms with van der Waals surface area (Å²) in [5.41, 5.74) is 7.04. The fourth-order valence-electron chi connectivity index (χ4n) is 1.97. The molecule has 0 radical (unpaired) electrons. The van der Waals surface area contributed by atoms with Crippen LogP contribution >= 0.6 is 11.3 Å². The molecule has 1 aromatic heterocycles. The van der Waals surface area contributed by atoms with Crippen LogP contribution < -0.4 is 5.73 Å². The van der Waals surface area contributed by atoms with Crippen molar-refractivity contribution in [2.45, 2.75) is 38.3 Å². The molecule has 2 N–H and O–H groups in total. The minimum Gasteiger partial charge on any atom is -0.377 e. The zero-order valence-corrected chi connectivity index (χ0v) is 12.0. The Morgan fingerprint density at radius 2 is 2.17 bits per heavy atom. The first kappa shape index (κ1) is 13.5. The molecular formula is C14H20N2OS. The fourth-order valence-corrected chi connectivity index (χ4v) is 2.99. The van der Waals surface area contributed by atoms with Gasteiger partial charge in [0, 0.05) is 19.6 Å². The van der Waals surface area contributed by atoms with Gasteiger partial charge in [-0.1, -0.05) is 19.1 Å². The summed E-state index contributed by atoms with van der Waals surface area (Å²) in [4.78, 5) is 4.62. The maximum atomic E-state index is 6.27. The van der Waals surface area contributed by atoms with Crippen molar-refractivity contribution in [2.24, 2.45) is 5.73 Å². The van der Waals surface area contributed by atoms with Gasteiger partial charge >= 0.3 is 0 Å². The molecule has 98 valence electrons. The number of thiazole rings is 1. The lowest BCUT2D eigenvalue weighted by atomic mass is 9.92. The molecule has 2 rings (SSSR count). The van der Waals surface area contributed by atoms with Gasteiger partial charge in [0.2, 0.25) is 0 Å². The molecule has 4 heteroatoms. The van der Waals surface area contributed by atoms with Gasteiger partial charge in [0.25, 0.3) is 0 Å². The number of fused-ring (bicyclic) bond motifs is 1. The van der Waals surface area contributed by atoms with Crippen LogP contribution in [0.2, 0.25) is 0 Å². The van der Waals surface area contributed by atoms with E-state index < -0.39 is 0 Å². The van der Waals surface area contributed by atoms with E-state index in [0.717, 1.165) is 23.4 Å². The number of aromatic nitrogens is 1. The van der Waals surface area contributed by atoms with E-state index in [1.807, 2.05) is 18.2 Å². The molecule has 0 amide bonds. The van der Waals surface area contributed by atoms with Crippen LogP contribution in [-0.4, -0.2) is 23.7 Å².